The molecule has 0 spiro atoms. The van der Waals surface area contributed by atoms with E-state index in [-0.39, 0.29) is 0 Å². The van der Waals surface area contributed by atoms with E-state index in [2.05, 4.69) is 40.6 Å². The van der Waals surface area contributed by atoms with Gasteiger partial charge in [0.25, 0.3) is 0 Å². The number of nitrogens with one attached hydrogen (secondary N) is 1. The van der Waals surface area contributed by atoms with Gasteiger partial charge in [0.1, 0.15) is 0 Å². The first-order valence-electron chi connectivity index (χ1n) is 6.36. The predicted molar refractivity (Wildman–Crippen MR) is 71.2 cm³/mol. The zero-order valence-corrected chi connectivity index (χ0v) is 10.2. The zero-order chi connectivity index (χ0) is 11.9. The standard InChI is InChI=1S/C14H19N3/c15-9-4-10-16-13-5-7-14(8-6-13)17-11-2-1-3-12-17/h5-8,16H,1-4,10-12H2. The highest BCUT2D eigenvalue weighted by atomic mass is 15.1. The summed E-state index contributed by atoms with van der Waals surface area (Å²) in [5.74, 6) is 0. The molecule has 90 valence electrons. The van der Waals surface area contributed by atoms with Crippen molar-refractivity contribution in [3.63, 3.8) is 0 Å². The van der Waals surface area contributed by atoms with Crippen molar-refractivity contribution in [1.29, 1.82) is 5.26 Å². The molecule has 0 aliphatic carbocycles. The summed E-state index contributed by atoms with van der Waals surface area (Å²) in [7, 11) is 0. The highest BCUT2D eigenvalue weighted by molar-refractivity contribution is 5.55. The maximum atomic E-state index is 8.46. The fourth-order valence-corrected chi connectivity index (χ4v) is 2.20. The monoisotopic (exact) mass is 229 g/mol. The molecule has 1 saturated heterocycles. The topological polar surface area (TPSA) is 39.1 Å². The first-order chi connectivity index (χ1) is 8.40. The molecule has 0 amide bonds. The smallest absolute Gasteiger partial charge is 0.0640 e. The lowest BCUT2D eigenvalue weighted by molar-refractivity contribution is 0.578. The summed E-state index contributed by atoms with van der Waals surface area (Å²) in [5.41, 5.74) is 2.41. The number of piperidine rings is 1. The molecule has 0 saturated carbocycles. The Morgan fingerprint density at radius 2 is 1.82 bits per heavy atom. The van der Waals surface area contributed by atoms with Crippen LogP contribution in [-0.2, 0) is 0 Å². The average molecular weight is 229 g/mol. The molecule has 17 heavy (non-hydrogen) atoms. The van der Waals surface area contributed by atoms with E-state index in [1.165, 1.54) is 38.0 Å². The van der Waals surface area contributed by atoms with E-state index in [4.69, 9.17) is 5.26 Å². The van der Waals surface area contributed by atoms with Gasteiger partial charge in [-0.3, -0.25) is 0 Å². The van der Waals surface area contributed by atoms with Gasteiger partial charge >= 0.3 is 0 Å². The van der Waals surface area contributed by atoms with Crippen molar-refractivity contribution in [3.05, 3.63) is 24.3 Å². The lowest BCUT2D eigenvalue weighted by Crippen LogP contribution is -2.29. The van der Waals surface area contributed by atoms with E-state index in [0.29, 0.717) is 6.42 Å². The summed E-state index contributed by atoms with van der Waals surface area (Å²) in [6.45, 7) is 3.09. The van der Waals surface area contributed by atoms with Crippen LogP contribution >= 0.6 is 0 Å². The van der Waals surface area contributed by atoms with Gasteiger partial charge in [0.2, 0.25) is 0 Å². The molecule has 0 unspecified atom stereocenters. The van der Waals surface area contributed by atoms with Crippen molar-refractivity contribution in [2.45, 2.75) is 25.7 Å². The SMILES string of the molecule is N#CCCNc1ccc(N2CCCCC2)cc1. The number of anilines is 2. The Balaban J connectivity index is 1.90. The van der Waals surface area contributed by atoms with Gasteiger partial charge in [-0.1, -0.05) is 0 Å². The van der Waals surface area contributed by atoms with Crippen LogP contribution in [0, 0.1) is 11.3 Å². The summed E-state index contributed by atoms with van der Waals surface area (Å²) in [6.07, 6.45) is 4.53. The maximum absolute atomic E-state index is 8.46. The molecule has 1 aromatic rings. The fraction of sp³-hybridized carbons (Fsp3) is 0.500. The van der Waals surface area contributed by atoms with Gasteiger partial charge in [-0.15, -0.1) is 0 Å². The maximum Gasteiger partial charge on any atom is 0.0640 e. The van der Waals surface area contributed by atoms with Crippen molar-refractivity contribution in [2.24, 2.45) is 0 Å². The number of hydrogen-bond acceptors (Lipinski definition) is 3. The van der Waals surface area contributed by atoms with Crippen LogP contribution in [-0.4, -0.2) is 19.6 Å². The number of nitrogens with zero attached hydrogens (tertiary/aromatic N) is 2. The zero-order valence-electron chi connectivity index (χ0n) is 10.2. The van der Waals surface area contributed by atoms with Gasteiger partial charge in [0, 0.05) is 31.0 Å². The van der Waals surface area contributed by atoms with Crippen molar-refractivity contribution >= 4 is 11.4 Å². The molecule has 0 bridgehead atoms. The summed E-state index contributed by atoms with van der Waals surface area (Å²) in [5, 5.41) is 11.7. The normalized spacial score (nSPS) is 15.4. The van der Waals surface area contributed by atoms with Gasteiger partial charge in [0.15, 0.2) is 0 Å². The van der Waals surface area contributed by atoms with Crippen LogP contribution < -0.4 is 10.2 Å². The molecule has 1 heterocycles. The Morgan fingerprint density at radius 1 is 1.12 bits per heavy atom. The van der Waals surface area contributed by atoms with Gasteiger partial charge in [-0.2, -0.15) is 5.26 Å². The molecule has 0 atom stereocenters. The molecule has 1 aliphatic rings. The molecule has 1 aromatic carbocycles. The lowest BCUT2D eigenvalue weighted by Gasteiger charge is -2.28. The molecule has 1 aliphatic heterocycles. The molecule has 2 rings (SSSR count). The van der Waals surface area contributed by atoms with Crippen LogP contribution in [0.4, 0.5) is 11.4 Å². The minimum atomic E-state index is 0.549. The first kappa shape index (κ1) is 11.8. The Bertz CT molecular complexity index is 371. The third-order valence-electron chi connectivity index (χ3n) is 3.15. The van der Waals surface area contributed by atoms with Crippen molar-refractivity contribution in [3.8, 4) is 6.07 Å². The van der Waals surface area contributed by atoms with E-state index in [9.17, 15) is 0 Å². The van der Waals surface area contributed by atoms with Crippen LogP contribution in [0.5, 0.6) is 0 Å². The number of benzene rings is 1. The summed E-state index contributed by atoms with van der Waals surface area (Å²) < 4.78 is 0. The van der Waals surface area contributed by atoms with E-state index < -0.39 is 0 Å². The van der Waals surface area contributed by atoms with Gasteiger partial charge in [-0.05, 0) is 43.5 Å². The van der Waals surface area contributed by atoms with Crippen LogP contribution in [0.25, 0.3) is 0 Å². The third-order valence-corrected chi connectivity index (χ3v) is 3.15. The van der Waals surface area contributed by atoms with Crippen LogP contribution in [0.2, 0.25) is 0 Å². The number of hydrogen-bond donors (Lipinski definition) is 1. The Hall–Kier alpha value is -1.69. The van der Waals surface area contributed by atoms with Gasteiger partial charge in [-0.25, -0.2) is 0 Å². The number of nitriles is 1. The number of rotatable bonds is 4. The quantitative estimate of drug-likeness (QED) is 0.807. The third kappa shape index (κ3) is 3.39. The molecule has 1 N–H and O–H groups in total. The minimum absolute atomic E-state index is 0.549. The second-order valence-electron chi connectivity index (χ2n) is 4.43. The second kappa shape index (κ2) is 6.15. The predicted octanol–water partition coefficient (Wildman–Crippen LogP) is 3.00. The molecule has 0 radical (unpaired) electrons. The molecule has 3 nitrogen and oxygen atoms in total. The Morgan fingerprint density at radius 3 is 2.47 bits per heavy atom. The molecule has 3 heteroatoms. The van der Waals surface area contributed by atoms with Crippen molar-refractivity contribution in [2.75, 3.05) is 29.9 Å². The minimum Gasteiger partial charge on any atom is -0.384 e. The molecule has 0 aromatic heterocycles. The highest BCUT2D eigenvalue weighted by Crippen LogP contribution is 2.21. The summed E-state index contributed by atoms with van der Waals surface area (Å²) in [4.78, 5) is 2.45. The van der Waals surface area contributed by atoms with E-state index in [1.54, 1.807) is 0 Å². The first-order valence-corrected chi connectivity index (χ1v) is 6.36. The lowest BCUT2D eigenvalue weighted by atomic mass is 10.1. The van der Waals surface area contributed by atoms with E-state index in [1.807, 2.05) is 0 Å². The largest absolute Gasteiger partial charge is 0.384 e. The molecule has 1 fully saturated rings. The fourth-order valence-electron chi connectivity index (χ4n) is 2.20. The average Bonchev–Trinajstić information content (AvgIpc) is 2.41. The van der Waals surface area contributed by atoms with E-state index in [0.717, 1.165) is 12.2 Å². The molecular weight excluding hydrogens is 210 g/mol. The van der Waals surface area contributed by atoms with Gasteiger partial charge in [0.05, 0.1) is 12.5 Å². The second-order valence-corrected chi connectivity index (χ2v) is 4.43. The van der Waals surface area contributed by atoms with Crippen LogP contribution in [0.1, 0.15) is 25.7 Å². The Labute approximate surface area is 103 Å². The summed E-state index contributed by atoms with van der Waals surface area (Å²) in [6, 6.07) is 10.7. The van der Waals surface area contributed by atoms with Crippen molar-refractivity contribution < 1.29 is 0 Å². The highest BCUT2D eigenvalue weighted by Gasteiger charge is 2.10. The van der Waals surface area contributed by atoms with E-state index >= 15 is 0 Å². The van der Waals surface area contributed by atoms with Crippen LogP contribution in [0.3, 0.4) is 0 Å². The van der Waals surface area contributed by atoms with Gasteiger partial charge < -0.3 is 10.2 Å². The Kier molecular flexibility index (Phi) is 4.26. The van der Waals surface area contributed by atoms with Crippen LogP contribution in [0.15, 0.2) is 24.3 Å². The molecular formula is C14H19N3. The summed E-state index contributed by atoms with van der Waals surface area (Å²) >= 11 is 0. The van der Waals surface area contributed by atoms with Crippen molar-refractivity contribution in [1.82, 2.24) is 0 Å².